The van der Waals surface area contributed by atoms with Crippen molar-refractivity contribution in [1.29, 1.82) is 0 Å². The molecule has 3 aromatic rings. The number of halogens is 2. The Hall–Kier alpha value is -3.52. The summed E-state index contributed by atoms with van der Waals surface area (Å²) in [6, 6.07) is 5.27. The molecule has 0 aliphatic carbocycles. The number of ether oxygens (including phenoxy) is 1. The Balaban J connectivity index is 2.44. The van der Waals surface area contributed by atoms with Crippen LogP contribution in [0, 0.1) is 5.82 Å². The molecule has 0 atom stereocenters. The fourth-order valence-corrected chi connectivity index (χ4v) is 2.78. The Bertz CT molecular complexity index is 1190. The Morgan fingerprint density at radius 3 is 2.71 bits per heavy atom. The number of carbonyl (C=O) groups excluding carboxylic acids is 1. The number of esters is 1. The highest BCUT2D eigenvalue weighted by atomic mass is 35.5. The van der Waals surface area contributed by atoms with Gasteiger partial charge in [-0.05, 0) is 29.8 Å². The maximum atomic E-state index is 13.9. The monoisotopic (exact) mass is 402 g/mol. The number of carboxylic acid groups (broad SMARTS) is 1. The maximum Gasteiger partial charge on any atom is 0.355 e. The number of methoxy groups -OCH3 is 1. The van der Waals surface area contributed by atoms with Gasteiger partial charge in [-0.3, -0.25) is 9.78 Å². The lowest BCUT2D eigenvalue weighted by Gasteiger charge is -2.15. The predicted octanol–water partition coefficient (Wildman–Crippen LogP) is 3.06. The van der Waals surface area contributed by atoms with Crippen molar-refractivity contribution >= 4 is 46.2 Å². The number of benzene rings is 1. The standard InChI is InChI=1S/C19H12ClFN2O5/c1-28-19(27)16(5-10-3-2-4-22-8-10)23-9-12(18(25)26)17(24)11-6-14(21)13(20)7-15(11)23/h2-9H,1H3,(H,25,26)/b16-5+. The summed E-state index contributed by atoms with van der Waals surface area (Å²) in [5.41, 5.74) is -1.11. The number of nitrogens with zero attached hydrogens (tertiary/aromatic N) is 2. The van der Waals surface area contributed by atoms with E-state index < -0.39 is 28.7 Å². The summed E-state index contributed by atoms with van der Waals surface area (Å²) in [5.74, 6) is -3.23. The van der Waals surface area contributed by atoms with Gasteiger partial charge in [-0.1, -0.05) is 17.7 Å². The van der Waals surface area contributed by atoms with E-state index in [1.807, 2.05) is 0 Å². The van der Waals surface area contributed by atoms with Gasteiger partial charge in [0, 0.05) is 24.0 Å². The summed E-state index contributed by atoms with van der Waals surface area (Å²) in [5, 5.41) is 8.82. The normalized spacial score (nSPS) is 11.5. The summed E-state index contributed by atoms with van der Waals surface area (Å²) >= 11 is 5.84. The van der Waals surface area contributed by atoms with Crippen LogP contribution in [0.25, 0.3) is 22.7 Å². The van der Waals surface area contributed by atoms with Crippen LogP contribution in [0.5, 0.6) is 0 Å². The minimum atomic E-state index is -1.53. The van der Waals surface area contributed by atoms with Crippen LogP contribution in [0.3, 0.4) is 0 Å². The van der Waals surface area contributed by atoms with Crippen LogP contribution in [-0.4, -0.2) is 33.7 Å². The number of fused-ring (bicyclic) bond motifs is 1. The number of aromatic carboxylic acids is 1. The molecular formula is C19H12ClFN2O5. The average molecular weight is 403 g/mol. The zero-order valence-corrected chi connectivity index (χ0v) is 15.1. The molecule has 0 amide bonds. The van der Waals surface area contributed by atoms with Crippen molar-refractivity contribution in [3.05, 3.63) is 75.0 Å². The van der Waals surface area contributed by atoms with E-state index in [4.69, 9.17) is 16.3 Å². The molecule has 142 valence electrons. The lowest BCUT2D eigenvalue weighted by Crippen LogP contribution is -2.21. The maximum absolute atomic E-state index is 13.9. The van der Waals surface area contributed by atoms with Crippen LogP contribution in [0.4, 0.5) is 4.39 Å². The second-order valence-electron chi connectivity index (χ2n) is 5.64. The molecule has 0 aliphatic rings. The Kier molecular flexibility index (Phi) is 5.23. The predicted molar refractivity (Wildman–Crippen MR) is 101 cm³/mol. The van der Waals surface area contributed by atoms with Gasteiger partial charge in [0.15, 0.2) is 0 Å². The summed E-state index contributed by atoms with van der Waals surface area (Å²) in [4.78, 5) is 40.3. The zero-order valence-electron chi connectivity index (χ0n) is 14.3. The van der Waals surface area contributed by atoms with Crippen LogP contribution in [-0.2, 0) is 9.53 Å². The number of aromatic nitrogens is 2. The molecule has 0 spiro atoms. The number of carboxylic acids is 1. The van der Waals surface area contributed by atoms with Crippen LogP contribution < -0.4 is 5.43 Å². The van der Waals surface area contributed by atoms with E-state index in [0.29, 0.717) is 5.56 Å². The zero-order chi connectivity index (χ0) is 20.4. The lowest BCUT2D eigenvalue weighted by atomic mass is 10.1. The van der Waals surface area contributed by atoms with Crippen molar-refractivity contribution in [3.63, 3.8) is 0 Å². The molecule has 0 fully saturated rings. The average Bonchev–Trinajstić information content (AvgIpc) is 2.68. The molecule has 1 N–H and O–H groups in total. The highest BCUT2D eigenvalue weighted by Crippen LogP contribution is 2.25. The number of hydrogen-bond donors (Lipinski definition) is 1. The smallest absolute Gasteiger partial charge is 0.355 e. The van der Waals surface area contributed by atoms with Crippen LogP contribution >= 0.6 is 11.6 Å². The second kappa shape index (κ2) is 7.61. The van der Waals surface area contributed by atoms with Crippen molar-refractivity contribution in [2.75, 3.05) is 7.11 Å². The van der Waals surface area contributed by atoms with Crippen molar-refractivity contribution in [1.82, 2.24) is 9.55 Å². The third-order valence-electron chi connectivity index (χ3n) is 3.92. The second-order valence-corrected chi connectivity index (χ2v) is 6.05. The number of hydrogen-bond acceptors (Lipinski definition) is 5. The van der Waals surface area contributed by atoms with E-state index in [1.165, 1.54) is 18.5 Å². The highest BCUT2D eigenvalue weighted by Gasteiger charge is 2.21. The van der Waals surface area contributed by atoms with Gasteiger partial charge in [0.1, 0.15) is 17.1 Å². The summed E-state index contributed by atoms with van der Waals surface area (Å²) in [6.07, 6.45) is 5.37. The molecule has 0 unspecified atom stereocenters. The molecule has 1 aromatic carbocycles. The molecule has 0 aliphatic heterocycles. The third kappa shape index (κ3) is 3.49. The third-order valence-corrected chi connectivity index (χ3v) is 4.21. The first-order chi connectivity index (χ1) is 13.3. The van der Waals surface area contributed by atoms with E-state index in [9.17, 15) is 23.9 Å². The fourth-order valence-electron chi connectivity index (χ4n) is 2.62. The van der Waals surface area contributed by atoms with Crippen LogP contribution in [0.1, 0.15) is 15.9 Å². The van der Waals surface area contributed by atoms with Crippen molar-refractivity contribution < 1.29 is 23.8 Å². The minimum Gasteiger partial charge on any atom is -0.477 e. The molecule has 2 heterocycles. The molecule has 28 heavy (non-hydrogen) atoms. The quantitative estimate of drug-likeness (QED) is 0.532. The molecule has 0 radical (unpaired) electrons. The van der Waals surface area contributed by atoms with E-state index in [0.717, 1.165) is 30.0 Å². The topological polar surface area (TPSA) is 98.5 Å². The SMILES string of the molecule is COC(=O)/C(=C\c1cccnc1)n1cc(C(=O)O)c(=O)c2cc(F)c(Cl)cc21. The van der Waals surface area contributed by atoms with E-state index in [-0.39, 0.29) is 21.6 Å². The van der Waals surface area contributed by atoms with Gasteiger partial charge in [0.2, 0.25) is 5.43 Å². The molecule has 3 rings (SSSR count). The molecule has 0 bridgehead atoms. The largest absolute Gasteiger partial charge is 0.477 e. The van der Waals surface area contributed by atoms with Gasteiger partial charge in [0.05, 0.1) is 17.6 Å². The van der Waals surface area contributed by atoms with Gasteiger partial charge in [0.25, 0.3) is 0 Å². The first-order valence-corrected chi connectivity index (χ1v) is 8.19. The van der Waals surface area contributed by atoms with E-state index in [1.54, 1.807) is 12.1 Å². The van der Waals surface area contributed by atoms with Gasteiger partial charge in [-0.2, -0.15) is 0 Å². The van der Waals surface area contributed by atoms with Crippen molar-refractivity contribution in [2.24, 2.45) is 0 Å². The first kappa shape index (κ1) is 19.2. The highest BCUT2D eigenvalue weighted by molar-refractivity contribution is 6.31. The number of rotatable bonds is 4. The van der Waals surface area contributed by atoms with Crippen LogP contribution in [0.2, 0.25) is 5.02 Å². The number of pyridine rings is 2. The first-order valence-electron chi connectivity index (χ1n) is 7.81. The van der Waals surface area contributed by atoms with Crippen LogP contribution in [0.15, 0.2) is 47.7 Å². The van der Waals surface area contributed by atoms with E-state index >= 15 is 0 Å². The lowest BCUT2D eigenvalue weighted by molar-refractivity contribution is -0.134. The summed E-state index contributed by atoms with van der Waals surface area (Å²) in [6.45, 7) is 0. The molecule has 7 nitrogen and oxygen atoms in total. The molecule has 0 saturated carbocycles. The van der Waals surface area contributed by atoms with E-state index in [2.05, 4.69) is 4.98 Å². The Morgan fingerprint density at radius 2 is 2.11 bits per heavy atom. The van der Waals surface area contributed by atoms with Crippen molar-refractivity contribution in [3.8, 4) is 0 Å². The van der Waals surface area contributed by atoms with Crippen molar-refractivity contribution in [2.45, 2.75) is 0 Å². The minimum absolute atomic E-state index is 0.0435. The summed E-state index contributed by atoms with van der Waals surface area (Å²) < 4.78 is 19.8. The van der Waals surface area contributed by atoms with Gasteiger partial charge in [-0.25, -0.2) is 14.0 Å². The fraction of sp³-hybridized carbons (Fsp3) is 0.0526. The Labute approximate surface area is 162 Å². The van der Waals surface area contributed by atoms with Gasteiger partial charge in [-0.15, -0.1) is 0 Å². The van der Waals surface area contributed by atoms with Gasteiger partial charge >= 0.3 is 11.9 Å². The Morgan fingerprint density at radius 1 is 1.36 bits per heavy atom. The molecule has 2 aromatic heterocycles. The molecule has 9 heteroatoms. The molecular weight excluding hydrogens is 391 g/mol. The van der Waals surface area contributed by atoms with Gasteiger partial charge < -0.3 is 14.4 Å². The summed E-state index contributed by atoms with van der Waals surface area (Å²) in [7, 11) is 1.15. The molecule has 0 saturated heterocycles. The number of carbonyl (C=O) groups is 2.